The van der Waals surface area contributed by atoms with Gasteiger partial charge in [0.05, 0.1) is 12.2 Å². The smallest absolute Gasteiger partial charge is 0.127 e. The van der Waals surface area contributed by atoms with Crippen molar-refractivity contribution in [3.8, 4) is 23.0 Å². The number of phenols is 2. The van der Waals surface area contributed by atoms with Crippen molar-refractivity contribution < 1.29 is 19.7 Å². The highest BCUT2D eigenvalue weighted by Crippen LogP contribution is 2.43. The third-order valence-corrected chi connectivity index (χ3v) is 4.00. The van der Waals surface area contributed by atoms with Crippen LogP contribution in [0.3, 0.4) is 0 Å². The summed E-state index contributed by atoms with van der Waals surface area (Å²) in [6, 6.07) is 10.3. The van der Waals surface area contributed by atoms with E-state index in [4.69, 9.17) is 9.47 Å². The van der Waals surface area contributed by atoms with Gasteiger partial charge in [-0.3, -0.25) is 0 Å². The minimum Gasteiger partial charge on any atom is -0.508 e. The van der Waals surface area contributed by atoms with Gasteiger partial charge in [0.2, 0.25) is 0 Å². The van der Waals surface area contributed by atoms with Crippen LogP contribution in [0.2, 0.25) is 0 Å². The molecule has 4 nitrogen and oxygen atoms in total. The molecule has 2 aromatic carbocycles. The van der Waals surface area contributed by atoms with Gasteiger partial charge in [0.15, 0.2) is 0 Å². The van der Waals surface area contributed by atoms with Gasteiger partial charge < -0.3 is 19.7 Å². The Balaban J connectivity index is 2.59. The molecule has 0 saturated carbocycles. The first-order chi connectivity index (χ1) is 11.6. The maximum atomic E-state index is 9.86. The zero-order valence-electron chi connectivity index (χ0n) is 15.8. The molecule has 0 aromatic heterocycles. The minimum atomic E-state index is -0.449. The van der Waals surface area contributed by atoms with E-state index >= 15 is 0 Å². The highest BCUT2D eigenvalue weighted by atomic mass is 16.5. The molecular formula is C21H28O4. The second kappa shape index (κ2) is 7.26. The van der Waals surface area contributed by atoms with Gasteiger partial charge in [0.1, 0.15) is 23.0 Å². The first-order valence-corrected chi connectivity index (χ1v) is 8.61. The largest absolute Gasteiger partial charge is 0.508 e. The van der Waals surface area contributed by atoms with Crippen LogP contribution < -0.4 is 9.47 Å². The zero-order chi connectivity index (χ0) is 18.8. The van der Waals surface area contributed by atoms with E-state index in [0.29, 0.717) is 11.5 Å². The van der Waals surface area contributed by atoms with E-state index < -0.39 is 5.41 Å². The molecular weight excluding hydrogens is 316 g/mol. The van der Waals surface area contributed by atoms with Gasteiger partial charge in [0.25, 0.3) is 0 Å². The molecule has 2 aromatic rings. The Kier molecular flexibility index (Phi) is 5.51. The van der Waals surface area contributed by atoms with Crippen LogP contribution in [0.1, 0.15) is 52.7 Å². The Morgan fingerprint density at radius 3 is 1.40 bits per heavy atom. The molecule has 0 aliphatic carbocycles. The quantitative estimate of drug-likeness (QED) is 0.774. The molecule has 0 atom stereocenters. The minimum absolute atomic E-state index is 0.0115. The van der Waals surface area contributed by atoms with Crippen LogP contribution in [0, 0.1) is 0 Å². The molecule has 0 amide bonds. The number of phenolic OH excluding ortho intramolecular Hbond substituents is 2. The van der Waals surface area contributed by atoms with Crippen LogP contribution in [0.15, 0.2) is 36.4 Å². The van der Waals surface area contributed by atoms with E-state index in [1.54, 1.807) is 24.3 Å². The highest BCUT2D eigenvalue weighted by Gasteiger charge is 2.31. The van der Waals surface area contributed by atoms with Crippen LogP contribution in [-0.4, -0.2) is 22.4 Å². The van der Waals surface area contributed by atoms with Crippen molar-refractivity contribution in [3.05, 3.63) is 47.5 Å². The highest BCUT2D eigenvalue weighted by molar-refractivity contribution is 5.54. The van der Waals surface area contributed by atoms with Crippen molar-refractivity contribution in [3.63, 3.8) is 0 Å². The van der Waals surface area contributed by atoms with E-state index in [2.05, 4.69) is 13.8 Å². The molecule has 2 N–H and O–H groups in total. The van der Waals surface area contributed by atoms with Gasteiger partial charge in [-0.1, -0.05) is 26.0 Å². The summed E-state index contributed by atoms with van der Waals surface area (Å²) in [6.07, 6.45) is -0.0231. The average Bonchev–Trinajstić information content (AvgIpc) is 2.45. The van der Waals surface area contributed by atoms with Gasteiger partial charge in [-0.2, -0.15) is 0 Å². The molecule has 4 heteroatoms. The molecule has 0 heterocycles. The Labute approximate surface area is 150 Å². The fourth-order valence-electron chi connectivity index (χ4n) is 2.90. The van der Waals surface area contributed by atoms with E-state index in [1.165, 1.54) is 0 Å². The van der Waals surface area contributed by atoms with Crippen LogP contribution in [0.5, 0.6) is 23.0 Å². The molecule has 0 radical (unpaired) electrons. The SMILES string of the molecule is CC(C)Oc1cc(O)ccc1C(C)(C)c1ccc(O)cc1OC(C)C. The fraction of sp³-hybridized carbons (Fsp3) is 0.429. The number of hydrogen-bond donors (Lipinski definition) is 2. The second-order valence-electron chi connectivity index (χ2n) is 7.32. The lowest BCUT2D eigenvalue weighted by Gasteiger charge is -2.31. The summed E-state index contributed by atoms with van der Waals surface area (Å²) in [7, 11) is 0. The maximum absolute atomic E-state index is 9.86. The van der Waals surface area contributed by atoms with Crippen LogP contribution in [-0.2, 0) is 5.41 Å². The predicted molar refractivity (Wildman–Crippen MR) is 99.9 cm³/mol. The topological polar surface area (TPSA) is 58.9 Å². The van der Waals surface area contributed by atoms with Gasteiger partial charge in [0, 0.05) is 28.7 Å². The standard InChI is InChI=1S/C21H28O4/c1-13(2)24-19-11-15(22)7-9-17(19)21(5,6)18-10-8-16(23)12-20(18)25-14(3)4/h7-14,22-23H,1-6H3. The summed E-state index contributed by atoms with van der Waals surface area (Å²) in [4.78, 5) is 0. The van der Waals surface area contributed by atoms with E-state index in [1.807, 2.05) is 39.8 Å². The predicted octanol–water partition coefficient (Wildman–Crippen LogP) is 5.00. The third-order valence-electron chi connectivity index (χ3n) is 4.00. The molecule has 136 valence electrons. The Morgan fingerprint density at radius 2 is 1.08 bits per heavy atom. The third kappa shape index (κ3) is 4.38. The monoisotopic (exact) mass is 344 g/mol. The van der Waals surface area contributed by atoms with Gasteiger partial charge in [-0.15, -0.1) is 0 Å². The molecule has 0 aliphatic heterocycles. The number of benzene rings is 2. The number of rotatable bonds is 6. The van der Waals surface area contributed by atoms with Crippen LogP contribution >= 0.6 is 0 Å². The number of hydrogen-bond acceptors (Lipinski definition) is 4. The van der Waals surface area contributed by atoms with Crippen molar-refractivity contribution in [1.29, 1.82) is 0 Å². The Morgan fingerprint density at radius 1 is 0.720 bits per heavy atom. The summed E-state index contributed by atoms with van der Waals surface area (Å²) < 4.78 is 11.9. The van der Waals surface area contributed by atoms with Crippen molar-refractivity contribution in [2.45, 2.75) is 59.2 Å². The van der Waals surface area contributed by atoms with Gasteiger partial charge >= 0.3 is 0 Å². The number of aromatic hydroxyl groups is 2. The Bertz CT molecular complexity index is 671. The van der Waals surface area contributed by atoms with E-state index in [-0.39, 0.29) is 23.7 Å². The van der Waals surface area contributed by atoms with Crippen molar-refractivity contribution in [1.82, 2.24) is 0 Å². The first kappa shape index (κ1) is 19.0. The molecule has 0 aliphatic rings. The normalized spacial score (nSPS) is 11.8. The summed E-state index contributed by atoms with van der Waals surface area (Å²) in [5.41, 5.74) is 1.44. The maximum Gasteiger partial charge on any atom is 0.127 e. The Hall–Kier alpha value is -2.36. The zero-order valence-corrected chi connectivity index (χ0v) is 15.8. The molecule has 2 rings (SSSR count). The van der Waals surface area contributed by atoms with Gasteiger partial charge in [-0.25, -0.2) is 0 Å². The average molecular weight is 344 g/mol. The molecule has 0 saturated heterocycles. The van der Waals surface area contributed by atoms with Crippen LogP contribution in [0.25, 0.3) is 0 Å². The van der Waals surface area contributed by atoms with E-state index in [0.717, 1.165) is 11.1 Å². The van der Waals surface area contributed by atoms with E-state index in [9.17, 15) is 10.2 Å². The molecule has 0 bridgehead atoms. The number of ether oxygens (including phenoxy) is 2. The summed E-state index contributed by atoms with van der Waals surface area (Å²) in [5.74, 6) is 1.62. The molecule has 0 spiro atoms. The van der Waals surface area contributed by atoms with Crippen molar-refractivity contribution in [2.24, 2.45) is 0 Å². The molecule has 0 fully saturated rings. The first-order valence-electron chi connectivity index (χ1n) is 8.61. The second-order valence-corrected chi connectivity index (χ2v) is 7.32. The van der Waals surface area contributed by atoms with Crippen molar-refractivity contribution in [2.75, 3.05) is 0 Å². The fourth-order valence-corrected chi connectivity index (χ4v) is 2.90. The lowest BCUT2D eigenvalue weighted by Crippen LogP contribution is -2.23. The summed E-state index contributed by atoms with van der Waals surface area (Å²) in [6.45, 7) is 12.0. The molecule has 25 heavy (non-hydrogen) atoms. The summed E-state index contributed by atoms with van der Waals surface area (Å²) in [5, 5.41) is 19.7. The van der Waals surface area contributed by atoms with Crippen molar-refractivity contribution >= 4 is 0 Å². The molecule has 0 unspecified atom stereocenters. The van der Waals surface area contributed by atoms with Gasteiger partial charge in [-0.05, 0) is 39.8 Å². The van der Waals surface area contributed by atoms with Crippen LogP contribution in [0.4, 0.5) is 0 Å². The summed E-state index contributed by atoms with van der Waals surface area (Å²) >= 11 is 0. The lowest BCUT2D eigenvalue weighted by atomic mass is 9.77. The lowest BCUT2D eigenvalue weighted by molar-refractivity contribution is 0.231.